The lowest BCUT2D eigenvalue weighted by Gasteiger charge is -2.13. The van der Waals surface area contributed by atoms with Gasteiger partial charge in [-0.05, 0) is 48.9 Å². The molecule has 0 bridgehead atoms. The third-order valence-corrected chi connectivity index (χ3v) is 5.44. The summed E-state index contributed by atoms with van der Waals surface area (Å²) in [5.74, 6) is 0.897. The molecule has 0 fully saturated rings. The monoisotopic (exact) mass is 468 g/mol. The first-order valence-corrected chi connectivity index (χ1v) is 9.39. The fraction of sp³-hybridized carbons (Fsp3) is 0.158. The van der Waals surface area contributed by atoms with Crippen molar-refractivity contribution in [1.82, 2.24) is 0 Å². The average molecular weight is 470 g/mol. The van der Waals surface area contributed by atoms with Gasteiger partial charge in [0.1, 0.15) is 0 Å². The maximum Gasteiger partial charge on any atom is 0.280 e. The predicted molar refractivity (Wildman–Crippen MR) is 112 cm³/mol. The second-order valence-electron chi connectivity index (χ2n) is 5.69. The standard InChI is InChI=1S/C19H15BrCl2N2O3/c1-10-13(6-11-7-17(26-2)18(27-3)9-14(11)20)19(25)24(23-10)12-4-5-15(21)16(22)8-12/h4-9H,1-3H3/b13-6+. The molecule has 140 valence electrons. The molecule has 0 spiro atoms. The SMILES string of the molecule is COc1cc(Br)c(/C=C2/C(=O)N(c3ccc(Cl)c(Cl)c3)N=C2C)cc1OC. The molecule has 0 atom stereocenters. The average Bonchev–Trinajstić information content (AvgIpc) is 2.93. The number of ether oxygens (including phenoxy) is 2. The van der Waals surface area contributed by atoms with Crippen LogP contribution in [0.2, 0.25) is 10.0 Å². The maximum absolute atomic E-state index is 12.9. The van der Waals surface area contributed by atoms with Crippen LogP contribution in [0.4, 0.5) is 5.69 Å². The summed E-state index contributed by atoms with van der Waals surface area (Å²) in [5.41, 5.74) is 2.37. The molecule has 3 rings (SSSR count). The molecule has 1 aliphatic heterocycles. The second kappa shape index (κ2) is 7.92. The summed E-state index contributed by atoms with van der Waals surface area (Å²) in [5, 5.41) is 6.43. The quantitative estimate of drug-likeness (QED) is 0.549. The minimum absolute atomic E-state index is 0.257. The van der Waals surface area contributed by atoms with Crippen LogP contribution in [0.25, 0.3) is 6.08 Å². The number of hydrogen-bond donors (Lipinski definition) is 0. The summed E-state index contributed by atoms with van der Waals surface area (Å²) >= 11 is 15.5. The third kappa shape index (κ3) is 3.83. The van der Waals surface area contributed by atoms with E-state index < -0.39 is 0 Å². The Morgan fingerprint density at radius 2 is 1.74 bits per heavy atom. The zero-order valence-electron chi connectivity index (χ0n) is 14.7. The summed E-state index contributed by atoms with van der Waals surface area (Å²) in [6, 6.07) is 8.50. The Bertz CT molecular complexity index is 989. The molecule has 1 heterocycles. The number of hydrazone groups is 1. The van der Waals surface area contributed by atoms with E-state index in [4.69, 9.17) is 32.7 Å². The van der Waals surface area contributed by atoms with Crippen molar-refractivity contribution in [3.8, 4) is 11.5 Å². The van der Waals surface area contributed by atoms with E-state index in [1.165, 1.54) is 5.01 Å². The number of carbonyl (C=O) groups is 1. The first-order valence-electron chi connectivity index (χ1n) is 7.84. The summed E-state index contributed by atoms with van der Waals surface area (Å²) in [7, 11) is 3.12. The summed E-state index contributed by atoms with van der Waals surface area (Å²) < 4.78 is 11.4. The molecule has 0 saturated carbocycles. The Balaban J connectivity index is 2.00. The molecule has 8 heteroatoms. The molecule has 0 saturated heterocycles. The summed E-state index contributed by atoms with van der Waals surface area (Å²) in [6.45, 7) is 1.77. The van der Waals surface area contributed by atoms with Crippen LogP contribution in [0, 0.1) is 0 Å². The molecule has 2 aromatic rings. The number of methoxy groups -OCH3 is 2. The fourth-order valence-electron chi connectivity index (χ4n) is 2.61. The van der Waals surface area contributed by atoms with E-state index in [9.17, 15) is 4.79 Å². The second-order valence-corrected chi connectivity index (χ2v) is 7.36. The highest BCUT2D eigenvalue weighted by molar-refractivity contribution is 9.10. The number of anilines is 1. The van der Waals surface area contributed by atoms with Gasteiger partial charge in [-0.1, -0.05) is 39.1 Å². The lowest BCUT2D eigenvalue weighted by Crippen LogP contribution is -2.21. The number of carbonyl (C=O) groups excluding carboxylic acids is 1. The number of hydrogen-bond acceptors (Lipinski definition) is 4. The highest BCUT2D eigenvalue weighted by Gasteiger charge is 2.29. The van der Waals surface area contributed by atoms with Gasteiger partial charge >= 0.3 is 0 Å². The largest absolute Gasteiger partial charge is 0.493 e. The molecule has 1 amide bonds. The molecule has 27 heavy (non-hydrogen) atoms. The van der Waals surface area contributed by atoms with E-state index in [-0.39, 0.29) is 5.91 Å². The molecule has 0 unspecified atom stereocenters. The molecular weight excluding hydrogens is 455 g/mol. The number of benzene rings is 2. The van der Waals surface area contributed by atoms with Gasteiger partial charge in [-0.25, -0.2) is 0 Å². The Morgan fingerprint density at radius 1 is 1.07 bits per heavy atom. The molecule has 0 radical (unpaired) electrons. The molecule has 0 aliphatic carbocycles. The predicted octanol–water partition coefficient (Wildman–Crippen LogP) is 5.58. The smallest absolute Gasteiger partial charge is 0.280 e. The van der Waals surface area contributed by atoms with E-state index in [2.05, 4.69) is 21.0 Å². The van der Waals surface area contributed by atoms with Gasteiger partial charge in [0.15, 0.2) is 11.5 Å². The van der Waals surface area contributed by atoms with Gasteiger partial charge in [0.2, 0.25) is 0 Å². The molecule has 1 aliphatic rings. The lowest BCUT2D eigenvalue weighted by molar-refractivity contribution is -0.114. The van der Waals surface area contributed by atoms with Crippen LogP contribution in [-0.4, -0.2) is 25.8 Å². The normalized spacial score (nSPS) is 15.3. The summed E-state index contributed by atoms with van der Waals surface area (Å²) in [4.78, 5) is 12.9. The topological polar surface area (TPSA) is 51.1 Å². The molecule has 2 aromatic carbocycles. The number of rotatable bonds is 4. The first-order chi connectivity index (χ1) is 12.8. The third-order valence-electron chi connectivity index (χ3n) is 4.01. The van der Waals surface area contributed by atoms with E-state index >= 15 is 0 Å². The van der Waals surface area contributed by atoms with Crippen LogP contribution in [0.5, 0.6) is 11.5 Å². The van der Waals surface area contributed by atoms with Crippen molar-refractivity contribution in [1.29, 1.82) is 0 Å². The van der Waals surface area contributed by atoms with Gasteiger partial charge in [-0.2, -0.15) is 10.1 Å². The van der Waals surface area contributed by atoms with E-state index in [0.717, 1.165) is 10.0 Å². The highest BCUT2D eigenvalue weighted by Crippen LogP contribution is 2.36. The van der Waals surface area contributed by atoms with Crippen LogP contribution in [0.3, 0.4) is 0 Å². The summed E-state index contributed by atoms with van der Waals surface area (Å²) in [6.07, 6.45) is 1.75. The Hall–Kier alpha value is -2.02. The van der Waals surface area contributed by atoms with Crippen LogP contribution in [0.1, 0.15) is 12.5 Å². The van der Waals surface area contributed by atoms with Gasteiger partial charge in [0, 0.05) is 4.47 Å². The van der Waals surface area contributed by atoms with Crippen LogP contribution in [0.15, 0.2) is 45.5 Å². The van der Waals surface area contributed by atoms with Gasteiger partial charge in [0.25, 0.3) is 5.91 Å². The molecule has 0 N–H and O–H groups in total. The Labute approximate surface area is 175 Å². The number of nitrogens with zero attached hydrogens (tertiary/aromatic N) is 2. The van der Waals surface area contributed by atoms with Crippen LogP contribution >= 0.6 is 39.1 Å². The van der Waals surface area contributed by atoms with Gasteiger partial charge < -0.3 is 9.47 Å². The minimum atomic E-state index is -0.257. The fourth-order valence-corrected chi connectivity index (χ4v) is 3.34. The van der Waals surface area contributed by atoms with Crippen molar-refractivity contribution in [3.63, 3.8) is 0 Å². The maximum atomic E-state index is 12.9. The minimum Gasteiger partial charge on any atom is -0.493 e. The van der Waals surface area contributed by atoms with Gasteiger partial charge in [0.05, 0.1) is 41.2 Å². The van der Waals surface area contributed by atoms with Crippen LogP contribution in [-0.2, 0) is 4.79 Å². The van der Waals surface area contributed by atoms with Crippen molar-refractivity contribution in [2.24, 2.45) is 5.10 Å². The van der Waals surface area contributed by atoms with Crippen molar-refractivity contribution in [2.75, 3.05) is 19.2 Å². The lowest BCUT2D eigenvalue weighted by atomic mass is 10.1. The van der Waals surface area contributed by atoms with Crippen molar-refractivity contribution >= 4 is 62.5 Å². The van der Waals surface area contributed by atoms with Gasteiger partial charge in [-0.15, -0.1) is 0 Å². The Kier molecular flexibility index (Phi) is 5.79. The molecule has 5 nitrogen and oxygen atoms in total. The zero-order chi connectivity index (χ0) is 19.7. The van der Waals surface area contributed by atoms with Crippen LogP contribution < -0.4 is 14.5 Å². The van der Waals surface area contributed by atoms with E-state index in [1.54, 1.807) is 57.6 Å². The van der Waals surface area contributed by atoms with E-state index in [0.29, 0.717) is 38.5 Å². The van der Waals surface area contributed by atoms with E-state index in [1.807, 2.05) is 0 Å². The first kappa shape index (κ1) is 19.7. The zero-order valence-corrected chi connectivity index (χ0v) is 17.8. The van der Waals surface area contributed by atoms with Gasteiger partial charge in [-0.3, -0.25) is 4.79 Å². The number of halogens is 3. The van der Waals surface area contributed by atoms with Crippen molar-refractivity contribution < 1.29 is 14.3 Å². The highest BCUT2D eigenvalue weighted by atomic mass is 79.9. The molecule has 0 aromatic heterocycles. The van der Waals surface area contributed by atoms with Crippen molar-refractivity contribution in [2.45, 2.75) is 6.92 Å². The Morgan fingerprint density at radius 3 is 2.37 bits per heavy atom. The number of amides is 1. The van der Waals surface area contributed by atoms with Crippen molar-refractivity contribution in [3.05, 3.63) is 56.0 Å². The molecular formula is C19H15BrCl2N2O3.